The van der Waals surface area contributed by atoms with Crippen molar-refractivity contribution in [2.75, 3.05) is 0 Å². The number of aryl methyl sites for hydroxylation is 1. The van der Waals surface area contributed by atoms with Crippen LogP contribution in [-0.4, -0.2) is 19.7 Å². The lowest BCUT2D eigenvalue weighted by molar-refractivity contribution is 0.477. The molecule has 1 aliphatic carbocycles. The summed E-state index contributed by atoms with van der Waals surface area (Å²) in [6, 6.07) is 10.7. The molecule has 0 aliphatic heterocycles. The van der Waals surface area contributed by atoms with Gasteiger partial charge < -0.3 is 10.1 Å². The van der Waals surface area contributed by atoms with Crippen LogP contribution in [0, 0.1) is 6.92 Å². The largest absolute Gasteiger partial charge is 0.507 e. The summed E-state index contributed by atoms with van der Waals surface area (Å²) in [5.74, 6) is 0.387. The van der Waals surface area contributed by atoms with Gasteiger partial charge in [-0.3, -0.25) is 4.79 Å². The molecule has 0 unspecified atom stereocenters. The fraction of sp³-hybridized carbons (Fsp3) is 0.182. The Morgan fingerprint density at radius 1 is 1.10 bits per heavy atom. The standard InChI is InChI=1S/C22H17Cl2N3O2/c1-11-2-6-14(18(28)8-11)15-10-25-21-19(13-5-7-16(23)17(24)9-13)20(12-3-4-12)26-27(21)22(15)29/h2,5-10,12,25,28H,3-4H2,1H3. The summed E-state index contributed by atoms with van der Waals surface area (Å²) in [6.07, 6.45) is 3.71. The van der Waals surface area contributed by atoms with E-state index >= 15 is 0 Å². The van der Waals surface area contributed by atoms with Crippen molar-refractivity contribution in [1.29, 1.82) is 0 Å². The first kappa shape index (κ1) is 18.3. The minimum absolute atomic E-state index is 0.0640. The number of aromatic amines is 1. The minimum atomic E-state index is -0.286. The van der Waals surface area contributed by atoms with Crippen LogP contribution < -0.4 is 5.56 Å². The van der Waals surface area contributed by atoms with Gasteiger partial charge in [0, 0.05) is 23.2 Å². The van der Waals surface area contributed by atoms with Crippen molar-refractivity contribution < 1.29 is 5.11 Å². The van der Waals surface area contributed by atoms with E-state index in [0.717, 1.165) is 35.2 Å². The van der Waals surface area contributed by atoms with E-state index in [1.165, 1.54) is 4.52 Å². The highest BCUT2D eigenvalue weighted by atomic mass is 35.5. The molecule has 4 aromatic rings. The van der Waals surface area contributed by atoms with Crippen LogP contribution in [0.5, 0.6) is 5.75 Å². The van der Waals surface area contributed by atoms with E-state index in [-0.39, 0.29) is 11.3 Å². The van der Waals surface area contributed by atoms with Crippen molar-refractivity contribution in [3.63, 3.8) is 0 Å². The fourth-order valence-corrected chi connectivity index (χ4v) is 3.97. The van der Waals surface area contributed by atoms with E-state index < -0.39 is 0 Å². The Bertz CT molecular complexity index is 1340. The minimum Gasteiger partial charge on any atom is -0.507 e. The molecule has 2 aromatic heterocycles. The second-order valence-electron chi connectivity index (χ2n) is 7.45. The highest BCUT2D eigenvalue weighted by molar-refractivity contribution is 6.42. The molecule has 5 nitrogen and oxygen atoms in total. The summed E-state index contributed by atoms with van der Waals surface area (Å²) >= 11 is 12.3. The number of aromatic nitrogens is 3. The van der Waals surface area contributed by atoms with E-state index in [1.807, 2.05) is 19.1 Å². The highest BCUT2D eigenvalue weighted by Gasteiger charge is 2.32. The Kier molecular flexibility index (Phi) is 4.19. The number of benzene rings is 2. The lowest BCUT2D eigenvalue weighted by atomic mass is 10.0. The van der Waals surface area contributed by atoms with Gasteiger partial charge in [-0.1, -0.05) is 41.4 Å². The van der Waals surface area contributed by atoms with Gasteiger partial charge in [-0.15, -0.1) is 0 Å². The van der Waals surface area contributed by atoms with Gasteiger partial charge in [0.2, 0.25) is 0 Å². The predicted molar refractivity (Wildman–Crippen MR) is 115 cm³/mol. The van der Waals surface area contributed by atoms with E-state index in [0.29, 0.717) is 32.7 Å². The maximum Gasteiger partial charge on any atom is 0.282 e. The number of hydrogen-bond acceptors (Lipinski definition) is 3. The Balaban J connectivity index is 1.77. The summed E-state index contributed by atoms with van der Waals surface area (Å²) in [7, 11) is 0. The van der Waals surface area contributed by atoms with Crippen LogP contribution in [0.4, 0.5) is 0 Å². The van der Waals surface area contributed by atoms with Crippen LogP contribution in [0.3, 0.4) is 0 Å². The maximum absolute atomic E-state index is 13.2. The van der Waals surface area contributed by atoms with Crippen molar-refractivity contribution >= 4 is 28.8 Å². The Morgan fingerprint density at radius 2 is 1.90 bits per heavy atom. The molecule has 0 spiro atoms. The molecule has 0 atom stereocenters. The Morgan fingerprint density at radius 3 is 2.59 bits per heavy atom. The van der Waals surface area contributed by atoms with E-state index in [1.54, 1.807) is 30.5 Å². The number of fused-ring (bicyclic) bond motifs is 1. The smallest absolute Gasteiger partial charge is 0.282 e. The lowest BCUT2D eigenvalue weighted by Crippen LogP contribution is -2.17. The fourth-order valence-electron chi connectivity index (χ4n) is 3.67. The normalized spacial score (nSPS) is 13.9. The summed E-state index contributed by atoms with van der Waals surface area (Å²) < 4.78 is 1.39. The van der Waals surface area contributed by atoms with Crippen molar-refractivity contribution in [3.8, 4) is 28.0 Å². The molecule has 0 radical (unpaired) electrons. The molecule has 5 rings (SSSR count). The van der Waals surface area contributed by atoms with E-state index in [4.69, 9.17) is 23.2 Å². The first-order chi connectivity index (χ1) is 13.9. The SMILES string of the molecule is Cc1ccc(-c2c[nH]c3c(-c4ccc(Cl)c(Cl)c4)c(C4CC4)nn3c2=O)c(O)c1. The number of hydrogen-bond donors (Lipinski definition) is 2. The van der Waals surface area contributed by atoms with Gasteiger partial charge in [0.1, 0.15) is 11.4 Å². The number of H-pyrrole nitrogens is 1. The van der Waals surface area contributed by atoms with E-state index in [2.05, 4.69) is 10.1 Å². The molecule has 2 heterocycles. The monoisotopic (exact) mass is 425 g/mol. The molecule has 0 amide bonds. The lowest BCUT2D eigenvalue weighted by Gasteiger charge is -2.07. The zero-order valence-electron chi connectivity index (χ0n) is 15.5. The van der Waals surface area contributed by atoms with Crippen molar-refractivity contribution in [2.45, 2.75) is 25.7 Å². The van der Waals surface area contributed by atoms with Crippen LogP contribution in [-0.2, 0) is 0 Å². The van der Waals surface area contributed by atoms with Gasteiger partial charge >= 0.3 is 0 Å². The molecule has 2 N–H and O–H groups in total. The molecular weight excluding hydrogens is 409 g/mol. The average molecular weight is 426 g/mol. The average Bonchev–Trinajstić information content (AvgIpc) is 3.45. The summed E-state index contributed by atoms with van der Waals surface area (Å²) in [4.78, 5) is 16.5. The first-order valence-corrected chi connectivity index (χ1v) is 10.1. The van der Waals surface area contributed by atoms with Crippen molar-refractivity contribution in [1.82, 2.24) is 14.6 Å². The third kappa shape index (κ3) is 3.02. The van der Waals surface area contributed by atoms with Gasteiger partial charge in [-0.05, 0) is 49.1 Å². The molecule has 1 saturated carbocycles. The van der Waals surface area contributed by atoms with Gasteiger partial charge in [0.15, 0.2) is 0 Å². The van der Waals surface area contributed by atoms with Crippen LogP contribution in [0.1, 0.15) is 30.0 Å². The Labute approximate surface area is 176 Å². The van der Waals surface area contributed by atoms with Gasteiger partial charge in [0.05, 0.1) is 21.3 Å². The van der Waals surface area contributed by atoms with Gasteiger partial charge in [-0.2, -0.15) is 9.61 Å². The van der Waals surface area contributed by atoms with Crippen LogP contribution in [0.15, 0.2) is 47.4 Å². The summed E-state index contributed by atoms with van der Waals surface area (Å²) in [5, 5.41) is 15.9. The number of phenolic OH excluding ortho intramolecular Hbond substituents is 1. The number of halogens is 2. The third-order valence-electron chi connectivity index (χ3n) is 5.30. The molecule has 29 heavy (non-hydrogen) atoms. The van der Waals surface area contributed by atoms with Crippen molar-refractivity contribution in [2.24, 2.45) is 0 Å². The molecule has 0 saturated heterocycles. The summed E-state index contributed by atoms with van der Waals surface area (Å²) in [5.41, 5.74) is 4.67. The number of nitrogens with zero attached hydrogens (tertiary/aromatic N) is 2. The van der Waals surface area contributed by atoms with E-state index in [9.17, 15) is 9.90 Å². The van der Waals surface area contributed by atoms with Crippen molar-refractivity contribution in [3.05, 3.63) is 74.3 Å². The number of aromatic hydroxyl groups is 1. The summed E-state index contributed by atoms with van der Waals surface area (Å²) in [6.45, 7) is 1.88. The molecule has 146 valence electrons. The Hall–Kier alpha value is -2.76. The molecule has 2 aromatic carbocycles. The zero-order valence-corrected chi connectivity index (χ0v) is 17.1. The third-order valence-corrected chi connectivity index (χ3v) is 6.04. The molecule has 1 aliphatic rings. The number of rotatable bonds is 3. The maximum atomic E-state index is 13.2. The quantitative estimate of drug-likeness (QED) is 0.451. The molecular formula is C22H17Cl2N3O2. The molecule has 1 fully saturated rings. The van der Waals surface area contributed by atoms with Crippen LogP contribution in [0.2, 0.25) is 10.0 Å². The second kappa shape index (κ2) is 6.65. The molecule has 0 bridgehead atoms. The second-order valence-corrected chi connectivity index (χ2v) is 8.27. The van der Waals surface area contributed by atoms with Gasteiger partial charge in [-0.25, -0.2) is 0 Å². The highest BCUT2D eigenvalue weighted by Crippen LogP contribution is 2.45. The number of nitrogens with one attached hydrogen (secondary N) is 1. The zero-order chi connectivity index (χ0) is 20.3. The first-order valence-electron chi connectivity index (χ1n) is 9.34. The van der Waals surface area contributed by atoms with Crippen LogP contribution in [0.25, 0.3) is 27.9 Å². The van der Waals surface area contributed by atoms with Crippen LogP contribution >= 0.6 is 23.2 Å². The topological polar surface area (TPSA) is 70.4 Å². The van der Waals surface area contributed by atoms with Gasteiger partial charge in [0.25, 0.3) is 5.56 Å². The molecule has 7 heteroatoms. The predicted octanol–water partition coefficient (Wildman–Crippen LogP) is 5.55. The number of phenols is 1.